The summed E-state index contributed by atoms with van der Waals surface area (Å²) in [5, 5.41) is 4.04. The lowest BCUT2D eigenvalue weighted by Gasteiger charge is -2.14. The zero-order valence-corrected chi connectivity index (χ0v) is 19.2. The van der Waals surface area contributed by atoms with Crippen molar-refractivity contribution in [3.8, 4) is 0 Å². The van der Waals surface area contributed by atoms with E-state index < -0.39 is 0 Å². The van der Waals surface area contributed by atoms with Crippen molar-refractivity contribution in [2.75, 3.05) is 6.54 Å². The van der Waals surface area contributed by atoms with Crippen molar-refractivity contribution in [3.63, 3.8) is 0 Å². The van der Waals surface area contributed by atoms with Gasteiger partial charge in [0, 0.05) is 19.0 Å². The predicted molar refractivity (Wildman–Crippen MR) is 128 cm³/mol. The van der Waals surface area contributed by atoms with Gasteiger partial charge in [0.05, 0.1) is 15.2 Å². The van der Waals surface area contributed by atoms with Gasteiger partial charge in [0.2, 0.25) is 5.91 Å². The lowest BCUT2D eigenvalue weighted by Crippen LogP contribution is -2.31. The molecule has 3 N–H and O–H groups in total. The van der Waals surface area contributed by atoms with E-state index in [0.717, 1.165) is 28.9 Å². The number of hydrogen-bond acceptors (Lipinski definition) is 4. The molecule has 1 heterocycles. The van der Waals surface area contributed by atoms with E-state index in [1.54, 1.807) is 11.3 Å². The Hall–Kier alpha value is -1.66. The maximum atomic E-state index is 12.1. The zero-order valence-electron chi connectivity index (χ0n) is 16.8. The molecule has 1 unspecified atom stereocenters. The van der Waals surface area contributed by atoms with Gasteiger partial charge in [-0.3, -0.25) is 4.79 Å². The van der Waals surface area contributed by atoms with Crippen molar-refractivity contribution >= 4 is 52.3 Å². The molecule has 0 aliphatic heterocycles. The average Bonchev–Trinajstić information content (AvgIpc) is 3.09. The summed E-state index contributed by atoms with van der Waals surface area (Å²) in [7, 11) is 0. The molecular formula is C22H29Cl2N3OS. The van der Waals surface area contributed by atoms with Gasteiger partial charge >= 0.3 is 0 Å². The summed E-state index contributed by atoms with van der Waals surface area (Å²) in [5.41, 5.74) is 9.59. The number of aromatic nitrogens is 1. The molecule has 0 bridgehead atoms. The zero-order chi connectivity index (χ0) is 19.2. The van der Waals surface area contributed by atoms with Gasteiger partial charge in [-0.25, -0.2) is 4.98 Å². The molecule has 0 saturated carbocycles. The van der Waals surface area contributed by atoms with Crippen molar-refractivity contribution in [1.29, 1.82) is 0 Å². The first-order chi connectivity index (χ1) is 13.0. The van der Waals surface area contributed by atoms with Gasteiger partial charge in [0.1, 0.15) is 0 Å². The molecule has 4 nitrogen and oxygen atoms in total. The SMILES string of the molecule is CC(C)c1ccc(C(N)CNC(=O)CCCc2nc3ccccc3s2)cc1.Cl.Cl. The summed E-state index contributed by atoms with van der Waals surface area (Å²) in [6.07, 6.45) is 2.12. The summed E-state index contributed by atoms with van der Waals surface area (Å²) >= 11 is 1.70. The quantitative estimate of drug-likeness (QED) is 0.479. The number of carbonyl (C=O) groups excluding carboxylic acids is 1. The van der Waals surface area contributed by atoms with E-state index in [0.29, 0.717) is 18.9 Å². The molecule has 7 heteroatoms. The minimum atomic E-state index is -0.181. The molecule has 0 radical (unpaired) electrons. The number of rotatable bonds is 8. The van der Waals surface area contributed by atoms with Crippen LogP contribution >= 0.6 is 36.2 Å². The number of benzene rings is 2. The van der Waals surface area contributed by atoms with E-state index >= 15 is 0 Å². The predicted octanol–water partition coefficient (Wildman–Crippen LogP) is 5.40. The second kappa shape index (κ2) is 12.1. The molecule has 158 valence electrons. The van der Waals surface area contributed by atoms with Gasteiger partial charge in [-0.05, 0) is 42.0 Å². The summed E-state index contributed by atoms with van der Waals surface area (Å²) in [4.78, 5) is 16.7. The summed E-state index contributed by atoms with van der Waals surface area (Å²) < 4.78 is 1.20. The molecule has 3 rings (SSSR count). The number of para-hydroxylation sites is 1. The van der Waals surface area contributed by atoms with Gasteiger partial charge in [-0.15, -0.1) is 36.2 Å². The number of nitrogens with zero attached hydrogens (tertiary/aromatic N) is 1. The highest BCUT2D eigenvalue weighted by molar-refractivity contribution is 7.18. The Kier molecular flexibility index (Phi) is 10.6. The first kappa shape index (κ1) is 25.4. The van der Waals surface area contributed by atoms with Crippen molar-refractivity contribution in [2.45, 2.75) is 45.1 Å². The molecule has 0 aliphatic carbocycles. The Morgan fingerprint density at radius 3 is 2.38 bits per heavy atom. The molecule has 2 aromatic carbocycles. The Bertz CT molecular complexity index is 863. The molecule has 29 heavy (non-hydrogen) atoms. The normalized spacial score (nSPS) is 11.6. The fraction of sp³-hybridized carbons (Fsp3) is 0.364. The smallest absolute Gasteiger partial charge is 0.220 e. The van der Waals surface area contributed by atoms with E-state index in [4.69, 9.17) is 5.73 Å². The van der Waals surface area contributed by atoms with Crippen LogP contribution in [0.2, 0.25) is 0 Å². The topological polar surface area (TPSA) is 68.0 Å². The Morgan fingerprint density at radius 2 is 1.72 bits per heavy atom. The average molecular weight is 454 g/mol. The van der Waals surface area contributed by atoms with Crippen LogP contribution in [0.5, 0.6) is 0 Å². The van der Waals surface area contributed by atoms with Crippen LogP contribution < -0.4 is 11.1 Å². The highest BCUT2D eigenvalue weighted by Gasteiger charge is 2.10. The number of nitrogens with two attached hydrogens (primary N) is 1. The van der Waals surface area contributed by atoms with Crippen LogP contribution in [-0.4, -0.2) is 17.4 Å². The monoisotopic (exact) mass is 453 g/mol. The fourth-order valence-corrected chi connectivity index (χ4v) is 3.99. The molecule has 0 saturated heterocycles. The fourth-order valence-electron chi connectivity index (χ4n) is 2.99. The van der Waals surface area contributed by atoms with Gasteiger partial charge in [-0.2, -0.15) is 0 Å². The van der Waals surface area contributed by atoms with Crippen molar-refractivity contribution in [1.82, 2.24) is 10.3 Å². The standard InChI is InChI=1S/C22H27N3OS.2ClH/c1-15(2)16-10-12-17(13-11-16)18(23)14-24-21(26)8-5-9-22-25-19-6-3-4-7-20(19)27-22;;/h3-4,6-7,10-13,15,18H,5,8-9,14,23H2,1-2H3,(H,24,26);2*1H. The number of aryl methyl sites for hydroxylation is 1. The number of amides is 1. The van der Waals surface area contributed by atoms with Crippen LogP contribution in [-0.2, 0) is 11.2 Å². The van der Waals surface area contributed by atoms with Gasteiger partial charge in [0.25, 0.3) is 0 Å². The van der Waals surface area contributed by atoms with Crippen molar-refractivity contribution in [2.24, 2.45) is 5.73 Å². The van der Waals surface area contributed by atoms with Gasteiger partial charge in [0.15, 0.2) is 0 Å². The molecule has 1 amide bonds. The first-order valence-electron chi connectivity index (χ1n) is 9.49. The number of nitrogens with one attached hydrogen (secondary N) is 1. The Morgan fingerprint density at radius 1 is 1.07 bits per heavy atom. The number of hydrogen-bond donors (Lipinski definition) is 2. The Balaban J connectivity index is 0.00000210. The van der Waals surface area contributed by atoms with Crippen LogP contribution in [0.15, 0.2) is 48.5 Å². The van der Waals surface area contributed by atoms with E-state index in [1.165, 1.54) is 10.3 Å². The highest BCUT2D eigenvalue weighted by atomic mass is 35.5. The van der Waals surface area contributed by atoms with Crippen molar-refractivity contribution < 1.29 is 4.79 Å². The largest absolute Gasteiger partial charge is 0.354 e. The lowest BCUT2D eigenvalue weighted by molar-refractivity contribution is -0.121. The summed E-state index contributed by atoms with van der Waals surface area (Å²) in [5.74, 6) is 0.552. The Labute approximate surface area is 189 Å². The third-order valence-corrected chi connectivity index (χ3v) is 5.78. The molecule has 1 atom stereocenters. The first-order valence-corrected chi connectivity index (χ1v) is 10.3. The van der Waals surface area contributed by atoms with Crippen LogP contribution in [0.25, 0.3) is 10.2 Å². The highest BCUT2D eigenvalue weighted by Crippen LogP contribution is 2.22. The number of halogens is 2. The van der Waals surface area contributed by atoms with Crippen LogP contribution in [0.1, 0.15) is 54.8 Å². The van der Waals surface area contributed by atoms with Crippen LogP contribution in [0, 0.1) is 0 Å². The lowest BCUT2D eigenvalue weighted by atomic mass is 9.99. The minimum absolute atomic E-state index is 0. The van der Waals surface area contributed by atoms with E-state index in [2.05, 4.69) is 54.5 Å². The van der Waals surface area contributed by atoms with Gasteiger partial charge in [-0.1, -0.05) is 50.2 Å². The number of carbonyl (C=O) groups is 1. The molecule has 0 spiro atoms. The molecular weight excluding hydrogens is 425 g/mol. The minimum Gasteiger partial charge on any atom is -0.354 e. The molecule has 0 fully saturated rings. The van der Waals surface area contributed by atoms with Crippen LogP contribution in [0.4, 0.5) is 0 Å². The molecule has 3 aromatic rings. The number of thiazole rings is 1. The van der Waals surface area contributed by atoms with E-state index in [1.807, 2.05) is 18.2 Å². The van der Waals surface area contributed by atoms with Crippen molar-refractivity contribution in [3.05, 3.63) is 64.7 Å². The van der Waals surface area contributed by atoms with E-state index in [9.17, 15) is 4.79 Å². The summed E-state index contributed by atoms with van der Waals surface area (Å²) in [6, 6.07) is 16.3. The van der Waals surface area contributed by atoms with Crippen LogP contribution in [0.3, 0.4) is 0 Å². The van der Waals surface area contributed by atoms with E-state index in [-0.39, 0.29) is 36.8 Å². The molecule has 1 aromatic heterocycles. The molecule has 0 aliphatic rings. The third-order valence-electron chi connectivity index (χ3n) is 4.68. The van der Waals surface area contributed by atoms with Gasteiger partial charge < -0.3 is 11.1 Å². The number of fused-ring (bicyclic) bond motifs is 1. The maximum absolute atomic E-state index is 12.1. The second-order valence-electron chi connectivity index (χ2n) is 7.16. The second-order valence-corrected chi connectivity index (χ2v) is 8.28. The summed E-state index contributed by atoms with van der Waals surface area (Å²) in [6.45, 7) is 4.80. The third kappa shape index (κ3) is 7.27. The maximum Gasteiger partial charge on any atom is 0.220 e.